The van der Waals surface area contributed by atoms with Crippen LogP contribution in [0.15, 0.2) is 48.5 Å². The Hall–Kier alpha value is -2.04. The van der Waals surface area contributed by atoms with Crippen LogP contribution >= 0.6 is 11.6 Å². The summed E-state index contributed by atoms with van der Waals surface area (Å²) in [7, 11) is 1.63. The summed E-state index contributed by atoms with van der Waals surface area (Å²) in [6.07, 6.45) is 0. The van der Waals surface area contributed by atoms with Crippen LogP contribution in [0, 0.1) is 0 Å². The molecular formula is C19H23ClN2O2. The van der Waals surface area contributed by atoms with Crippen molar-refractivity contribution in [3.8, 4) is 5.75 Å². The van der Waals surface area contributed by atoms with Crippen LogP contribution in [0.25, 0.3) is 0 Å². The third-order valence-corrected chi connectivity index (χ3v) is 4.10. The second-order valence-electron chi connectivity index (χ2n) is 5.73. The van der Waals surface area contributed by atoms with Crippen LogP contribution in [-0.4, -0.2) is 19.1 Å². The molecule has 0 saturated carbocycles. The van der Waals surface area contributed by atoms with Gasteiger partial charge in [0.25, 0.3) is 0 Å². The van der Waals surface area contributed by atoms with Crippen molar-refractivity contribution in [1.82, 2.24) is 10.6 Å². The topological polar surface area (TPSA) is 50.4 Å². The molecule has 0 aliphatic carbocycles. The molecule has 2 atom stereocenters. The number of benzene rings is 2. The molecular weight excluding hydrogens is 324 g/mol. The van der Waals surface area contributed by atoms with Crippen LogP contribution in [0.4, 0.5) is 0 Å². The molecule has 5 heteroatoms. The molecule has 0 spiro atoms. The molecule has 0 saturated heterocycles. The van der Waals surface area contributed by atoms with Gasteiger partial charge in [-0.25, -0.2) is 0 Å². The largest absolute Gasteiger partial charge is 0.497 e. The minimum absolute atomic E-state index is 0.0328. The van der Waals surface area contributed by atoms with E-state index in [1.165, 1.54) is 0 Å². The Balaban J connectivity index is 1.85. The Morgan fingerprint density at radius 3 is 2.50 bits per heavy atom. The van der Waals surface area contributed by atoms with Gasteiger partial charge in [0.05, 0.1) is 13.2 Å². The van der Waals surface area contributed by atoms with Gasteiger partial charge in [-0.1, -0.05) is 35.9 Å². The standard InChI is InChI=1S/C19H23ClN2O2/c1-13(16-5-4-6-17(20)11-16)22-14(2)19(23)21-12-15-7-9-18(24-3)10-8-15/h4-11,13-14,22H,12H2,1-3H3,(H,21,23)/t13-,14-/m1/s1. The molecule has 0 fully saturated rings. The Kier molecular flexibility index (Phi) is 6.64. The average Bonchev–Trinajstić information content (AvgIpc) is 2.60. The Labute approximate surface area is 148 Å². The SMILES string of the molecule is COc1ccc(CNC(=O)[C@@H](C)N[C@H](C)c2cccc(Cl)c2)cc1. The van der Waals surface area contributed by atoms with Gasteiger partial charge in [0.1, 0.15) is 5.75 Å². The molecule has 1 amide bonds. The average molecular weight is 347 g/mol. The lowest BCUT2D eigenvalue weighted by molar-refractivity contribution is -0.123. The summed E-state index contributed by atoms with van der Waals surface area (Å²) in [5.74, 6) is 0.759. The fraction of sp³-hybridized carbons (Fsp3) is 0.316. The summed E-state index contributed by atoms with van der Waals surface area (Å²) in [5.41, 5.74) is 2.08. The first-order chi connectivity index (χ1) is 11.5. The lowest BCUT2D eigenvalue weighted by Crippen LogP contribution is -2.42. The minimum Gasteiger partial charge on any atom is -0.497 e. The van der Waals surface area contributed by atoms with Gasteiger partial charge in [0.15, 0.2) is 0 Å². The molecule has 0 aromatic heterocycles. The number of rotatable bonds is 7. The highest BCUT2D eigenvalue weighted by molar-refractivity contribution is 6.30. The summed E-state index contributed by atoms with van der Waals surface area (Å²) in [6.45, 7) is 4.35. The first-order valence-corrected chi connectivity index (χ1v) is 8.29. The van der Waals surface area contributed by atoms with Crippen molar-refractivity contribution < 1.29 is 9.53 Å². The number of carbonyl (C=O) groups is 1. The zero-order valence-electron chi connectivity index (χ0n) is 14.2. The van der Waals surface area contributed by atoms with Crippen LogP contribution in [0.2, 0.25) is 5.02 Å². The second kappa shape index (κ2) is 8.71. The first kappa shape index (κ1) is 18.3. The number of nitrogens with one attached hydrogen (secondary N) is 2. The first-order valence-electron chi connectivity index (χ1n) is 7.91. The summed E-state index contributed by atoms with van der Waals surface area (Å²) in [4.78, 5) is 12.2. The third kappa shape index (κ3) is 5.25. The predicted octanol–water partition coefficient (Wildman–Crippen LogP) is 3.70. The zero-order chi connectivity index (χ0) is 17.5. The van der Waals surface area contributed by atoms with E-state index in [2.05, 4.69) is 10.6 Å². The molecule has 2 aromatic rings. The van der Waals surface area contributed by atoms with Gasteiger partial charge < -0.3 is 10.1 Å². The molecule has 2 aromatic carbocycles. The summed E-state index contributed by atoms with van der Waals surface area (Å²) < 4.78 is 5.12. The third-order valence-electron chi connectivity index (χ3n) is 3.87. The van der Waals surface area contributed by atoms with Gasteiger partial charge in [-0.15, -0.1) is 0 Å². The van der Waals surface area contributed by atoms with Gasteiger partial charge in [-0.3, -0.25) is 10.1 Å². The molecule has 24 heavy (non-hydrogen) atoms. The fourth-order valence-corrected chi connectivity index (χ4v) is 2.61. The highest BCUT2D eigenvalue weighted by atomic mass is 35.5. The van der Waals surface area contributed by atoms with E-state index >= 15 is 0 Å². The van der Waals surface area contributed by atoms with E-state index in [-0.39, 0.29) is 18.0 Å². The van der Waals surface area contributed by atoms with Crippen molar-refractivity contribution in [2.24, 2.45) is 0 Å². The van der Waals surface area contributed by atoms with Crippen molar-refractivity contribution in [2.45, 2.75) is 32.5 Å². The van der Waals surface area contributed by atoms with E-state index in [0.717, 1.165) is 16.9 Å². The quantitative estimate of drug-likeness (QED) is 0.803. The van der Waals surface area contributed by atoms with E-state index in [1.54, 1.807) is 7.11 Å². The lowest BCUT2D eigenvalue weighted by Gasteiger charge is -2.20. The highest BCUT2D eigenvalue weighted by Crippen LogP contribution is 2.17. The van der Waals surface area contributed by atoms with Crippen molar-refractivity contribution in [3.05, 3.63) is 64.7 Å². The summed E-state index contributed by atoms with van der Waals surface area (Å²) >= 11 is 6.01. The number of amides is 1. The van der Waals surface area contributed by atoms with Crippen LogP contribution in [0.5, 0.6) is 5.75 Å². The monoisotopic (exact) mass is 346 g/mol. The van der Waals surface area contributed by atoms with Crippen LogP contribution < -0.4 is 15.4 Å². The van der Waals surface area contributed by atoms with Gasteiger partial charge in [0, 0.05) is 17.6 Å². The van der Waals surface area contributed by atoms with Gasteiger partial charge >= 0.3 is 0 Å². The predicted molar refractivity (Wildman–Crippen MR) is 97.3 cm³/mol. The minimum atomic E-state index is -0.308. The van der Waals surface area contributed by atoms with E-state index in [1.807, 2.05) is 62.4 Å². The molecule has 4 nitrogen and oxygen atoms in total. The Morgan fingerprint density at radius 2 is 1.88 bits per heavy atom. The maximum Gasteiger partial charge on any atom is 0.237 e. The highest BCUT2D eigenvalue weighted by Gasteiger charge is 2.16. The number of halogens is 1. The van der Waals surface area contributed by atoms with Crippen molar-refractivity contribution in [3.63, 3.8) is 0 Å². The van der Waals surface area contributed by atoms with E-state index in [0.29, 0.717) is 11.6 Å². The van der Waals surface area contributed by atoms with E-state index < -0.39 is 0 Å². The van der Waals surface area contributed by atoms with Crippen molar-refractivity contribution in [1.29, 1.82) is 0 Å². The van der Waals surface area contributed by atoms with Crippen LogP contribution in [0.1, 0.15) is 31.0 Å². The van der Waals surface area contributed by atoms with E-state index in [4.69, 9.17) is 16.3 Å². The molecule has 128 valence electrons. The molecule has 2 N–H and O–H groups in total. The molecule has 0 aliphatic rings. The lowest BCUT2D eigenvalue weighted by atomic mass is 10.1. The number of carbonyl (C=O) groups excluding carboxylic acids is 1. The van der Waals surface area contributed by atoms with Crippen LogP contribution in [-0.2, 0) is 11.3 Å². The smallest absolute Gasteiger partial charge is 0.237 e. The van der Waals surface area contributed by atoms with Gasteiger partial charge in [-0.2, -0.15) is 0 Å². The maximum absolute atomic E-state index is 12.2. The fourth-order valence-electron chi connectivity index (χ4n) is 2.41. The second-order valence-corrected chi connectivity index (χ2v) is 6.17. The molecule has 2 rings (SSSR count). The molecule has 0 heterocycles. The normalized spacial score (nSPS) is 13.2. The number of methoxy groups -OCH3 is 1. The van der Waals surface area contributed by atoms with Crippen molar-refractivity contribution in [2.75, 3.05) is 7.11 Å². The number of ether oxygens (including phenoxy) is 1. The van der Waals surface area contributed by atoms with E-state index in [9.17, 15) is 4.79 Å². The zero-order valence-corrected chi connectivity index (χ0v) is 14.9. The van der Waals surface area contributed by atoms with Crippen molar-refractivity contribution >= 4 is 17.5 Å². The molecule has 0 unspecified atom stereocenters. The van der Waals surface area contributed by atoms with Gasteiger partial charge in [-0.05, 0) is 49.2 Å². The summed E-state index contributed by atoms with van der Waals surface area (Å²) in [6, 6.07) is 15.0. The van der Waals surface area contributed by atoms with Gasteiger partial charge in [0.2, 0.25) is 5.91 Å². The molecule has 0 bridgehead atoms. The Bertz CT molecular complexity index is 673. The Morgan fingerprint density at radius 1 is 1.17 bits per heavy atom. The number of hydrogen-bond donors (Lipinski definition) is 2. The molecule has 0 radical (unpaired) electrons. The molecule has 0 aliphatic heterocycles. The number of hydrogen-bond acceptors (Lipinski definition) is 3. The summed E-state index contributed by atoms with van der Waals surface area (Å²) in [5, 5.41) is 6.92. The van der Waals surface area contributed by atoms with Crippen LogP contribution in [0.3, 0.4) is 0 Å². The maximum atomic E-state index is 12.2.